The molecule has 0 aliphatic heterocycles. The molecule has 6 heteroatoms. The first kappa shape index (κ1) is 15.5. The number of aliphatic carboxylic acids is 1. The van der Waals surface area contributed by atoms with E-state index in [0.29, 0.717) is 5.69 Å². The van der Waals surface area contributed by atoms with E-state index < -0.39 is 17.4 Å². The molecule has 0 saturated carbocycles. The molecule has 0 bridgehead atoms. The van der Waals surface area contributed by atoms with Crippen molar-refractivity contribution in [3.05, 3.63) is 28.2 Å². The number of rotatable bonds is 4. The van der Waals surface area contributed by atoms with Crippen molar-refractivity contribution in [2.24, 2.45) is 5.41 Å². The molecule has 2 amide bonds. The molecule has 0 aromatic heterocycles. The average molecular weight is 329 g/mol. The Kier molecular flexibility index (Phi) is 4.94. The number of hydrogen-bond acceptors (Lipinski definition) is 2. The number of carboxylic acid groups (broad SMARTS) is 1. The van der Waals surface area contributed by atoms with E-state index in [0.717, 1.165) is 10.0 Å². The van der Waals surface area contributed by atoms with Gasteiger partial charge in [-0.1, -0.05) is 22.0 Å². The minimum atomic E-state index is -0.995. The summed E-state index contributed by atoms with van der Waals surface area (Å²) >= 11 is 3.38. The van der Waals surface area contributed by atoms with Gasteiger partial charge in [0.15, 0.2) is 0 Å². The maximum atomic E-state index is 11.6. The molecule has 0 aliphatic carbocycles. The van der Waals surface area contributed by atoms with E-state index in [-0.39, 0.29) is 6.54 Å². The molecule has 0 aliphatic rings. The predicted octanol–water partition coefficient (Wildman–Crippen LogP) is 2.99. The van der Waals surface area contributed by atoms with E-state index in [1.807, 2.05) is 13.0 Å². The van der Waals surface area contributed by atoms with Crippen molar-refractivity contribution in [2.45, 2.75) is 20.8 Å². The SMILES string of the molecule is Cc1ccc(NC(=O)NCC(C)(C)C(=O)O)cc1Br. The Morgan fingerprint density at radius 1 is 1.37 bits per heavy atom. The summed E-state index contributed by atoms with van der Waals surface area (Å²) in [5.41, 5.74) is 0.714. The number of nitrogens with one attached hydrogen (secondary N) is 2. The fourth-order valence-corrected chi connectivity index (χ4v) is 1.60. The number of carbonyl (C=O) groups is 2. The van der Waals surface area contributed by atoms with Gasteiger partial charge in [-0.2, -0.15) is 0 Å². The van der Waals surface area contributed by atoms with Crippen molar-refractivity contribution in [1.82, 2.24) is 5.32 Å². The summed E-state index contributed by atoms with van der Waals surface area (Å²) in [7, 11) is 0. The average Bonchev–Trinajstić information content (AvgIpc) is 2.31. The van der Waals surface area contributed by atoms with Crippen molar-refractivity contribution in [2.75, 3.05) is 11.9 Å². The third-order valence-corrected chi connectivity index (χ3v) is 3.55. The van der Waals surface area contributed by atoms with Gasteiger partial charge in [-0.25, -0.2) is 4.79 Å². The first-order valence-electron chi connectivity index (χ1n) is 5.77. The molecule has 3 N–H and O–H groups in total. The van der Waals surface area contributed by atoms with Crippen LogP contribution in [0.25, 0.3) is 0 Å². The monoisotopic (exact) mass is 328 g/mol. The second-order valence-corrected chi connectivity index (χ2v) is 5.82. The highest BCUT2D eigenvalue weighted by Gasteiger charge is 2.27. The minimum absolute atomic E-state index is 0.0567. The maximum absolute atomic E-state index is 11.6. The van der Waals surface area contributed by atoms with Crippen molar-refractivity contribution in [3.8, 4) is 0 Å². The molecular weight excluding hydrogens is 312 g/mol. The van der Waals surface area contributed by atoms with Gasteiger partial charge in [-0.05, 0) is 38.5 Å². The van der Waals surface area contributed by atoms with E-state index >= 15 is 0 Å². The van der Waals surface area contributed by atoms with E-state index in [1.165, 1.54) is 0 Å². The Morgan fingerprint density at radius 3 is 2.53 bits per heavy atom. The zero-order valence-corrected chi connectivity index (χ0v) is 12.7. The zero-order valence-electron chi connectivity index (χ0n) is 11.1. The Hall–Kier alpha value is -1.56. The zero-order chi connectivity index (χ0) is 14.6. The van der Waals surface area contributed by atoms with Gasteiger partial charge in [0.1, 0.15) is 0 Å². The molecule has 104 valence electrons. The van der Waals surface area contributed by atoms with Crippen LogP contribution in [-0.2, 0) is 4.79 Å². The highest BCUT2D eigenvalue weighted by Crippen LogP contribution is 2.20. The number of aryl methyl sites for hydroxylation is 1. The number of amides is 2. The molecule has 0 radical (unpaired) electrons. The van der Waals surface area contributed by atoms with Crippen molar-refractivity contribution < 1.29 is 14.7 Å². The van der Waals surface area contributed by atoms with Crippen LogP contribution in [0.3, 0.4) is 0 Å². The van der Waals surface area contributed by atoms with E-state index in [1.54, 1.807) is 26.0 Å². The Balaban J connectivity index is 2.56. The van der Waals surface area contributed by atoms with E-state index in [2.05, 4.69) is 26.6 Å². The molecule has 0 atom stereocenters. The number of urea groups is 1. The Morgan fingerprint density at radius 2 is 2.00 bits per heavy atom. The van der Waals surface area contributed by atoms with Crippen LogP contribution in [0.5, 0.6) is 0 Å². The first-order valence-corrected chi connectivity index (χ1v) is 6.56. The quantitative estimate of drug-likeness (QED) is 0.795. The highest BCUT2D eigenvalue weighted by atomic mass is 79.9. The number of carbonyl (C=O) groups excluding carboxylic acids is 1. The summed E-state index contributed by atoms with van der Waals surface area (Å²) in [5, 5.41) is 14.1. The lowest BCUT2D eigenvalue weighted by molar-refractivity contribution is -0.146. The summed E-state index contributed by atoms with van der Waals surface area (Å²) in [6.45, 7) is 5.11. The molecule has 19 heavy (non-hydrogen) atoms. The van der Waals surface area contributed by atoms with Crippen molar-refractivity contribution >= 4 is 33.6 Å². The molecule has 0 heterocycles. The van der Waals surface area contributed by atoms with Crippen LogP contribution in [-0.4, -0.2) is 23.7 Å². The minimum Gasteiger partial charge on any atom is -0.481 e. The lowest BCUT2D eigenvalue weighted by Gasteiger charge is -2.19. The predicted molar refractivity (Wildman–Crippen MR) is 77.3 cm³/mol. The highest BCUT2D eigenvalue weighted by molar-refractivity contribution is 9.10. The molecule has 0 spiro atoms. The number of halogens is 1. The molecule has 5 nitrogen and oxygen atoms in total. The van der Waals surface area contributed by atoms with Crippen LogP contribution < -0.4 is 10.6 Å². The van der Waals surface area contributed by atoms with Crippen LogP contribution in [0.2, 0.25) is 0 Å². The first-order chi connectivity index (χ1) is 8.72. The Bertz CT molecular complexity index is 501. The summed E-state index contributed by atoms with van der Waals surface area (Å²) in [5.74, 6) is -0.953. The van der Waals surface area contributed by atoms with Crippen LogP contribution in [0, 0.1) is 12.3 Å². The third-order valence-electron chi connectivity index (χ3n) is 2.70. The van der Waals surface area contributed by atoms with Crippen LogP contribution in [0.4, 0.5) is 10.5 Å². The fraction of sp³-hybridized carbons (Fsp3) is 0.385. The maximum Gasteiger partial charge on any atom is 0.319 e. The lowest BCUT2D eigenvalue weighted by Crippen LogP contribution is -2.40. The van der Waals surface area contributed by atoms with E-state index in [9.17, 15) is 9.59 Å². The number of benzene rings is 1. The summed E-state index contributed by atoms with van der Waals surface area (Å²) < 4.78 is 0.899. The molecular formula is C13H17BrN2O3. The summed E-state index contributed by atoms with van der Waals surface area (Å²) in [4.78, 5) is 22.5. The van der Waals surface area contributed by atoms with Crippen LogP contribution in [0.1, 0.15) is 19.4 Å². The van der Waals surface area contributed by atoms with Gasteiger partial charge in [-0.15, -0.1) is 0 Å². The summed E-state index contributed by atoms with van der Waals surface area (Å²) in [6, 6.07) is 5.02. The van der Waals surface area contributed by atoms with Gasteiger partial charge in [0, 0.05) is 16.7 Å². The van der Waals surface area contributed by atoms with Gasteiger partial charge in [0.05, 0.1) is 5.41 Å². The number of carboxylic acids is 1. The van der Waals surface area contributed by atoms with Crippen LogP contribution in [0.15, 0.2) is 22.7 Å². The smallest absolute Gasteiger partial charge is 0.319 e. The van der Waals surface area contributed by atoms with Crippen LogP contribution >= 0.6 is 15.9 Å². The van der Waals surface area contributed by atoms with Gasteiger partial charge < -0.3 is 15.7 Å². The summed E-state index contributed by atoms with van der Waals surface area (Å²) in [6.07, 6.45) is 0. The second-order valence-electron chi connectivity index (χ2n) is 4.96. The Labute approximate surface area is 120 Å². The van der Waals surface area contributed by atoms with Crippen molar-refractivity contribution in [3.63, 3.8) is 0 Å². The van der Waals surface area contributed by atoms with Gasteiger partial charge in [0.25, 0.3) is 0 Å². The number of hydrogen-bond donors (Lipinski definition) is 3. The van der Waals surface area contributed by atoms with Gasteiger partial charge in [-0.3, -0.25) is 4.79 Å². The topological polar surface area (TPSA) is 78.4 Å². The lowest BCUT2D eigenvalue weighted by atomic mass is 9.94. The molecule has 1 rings (SSSR count). The molecule has 1 aromatic carbocycles. The van der Waals surface area contributed by atoms with E-state index in [4.69, 9.17) is 5.11 Å². The third kappa shape index (κ3) is 4.55. The standard InChI is InChI=1S/C13H17BrN2O3/c1-8-4-5-9(6-10(8)14)16-12(19)15-7-13(2,3)11(17)18/h4-6H,7H2,1-3H3,(H,17,18)(H2,15,16,19). The molecule has 0 fully saturated rings. The molecule has 1 aromatic rings. The molecule has 0 unspecified atom stereocenters. The number of anilines is 1. The van der Waals surface area contributed by atoms with Gasteiger partial charge >= 0.3 is 12.0 Å². The normalized spacial score (nSPS) is 10.9. The molecule has 0 saturated heterocycles. The largest absolute Gasteiger partial charge is 0.481 e. The van der Waals surface area contributed by atoms with Crippen molar-refractivity contribution in [1.29, 1.82) is 0 Å². The second kappa shape index (κ2) is 6.06. The van der Waals surface area contributed by atoms with Gasteiger partial charge in [0.2, 0.25) is 0 Å². The fourth-order valence-electron chi connectivity index (χ4n) is 1.22.